The third-order valence-electron chi connectivity index (χ3n) is 3.45. The highest BCUT2D eigenvalue weighted by Gasteiger charge is 2.09. The summed E-state index contributed by atoms with van der Waals surface area (Å²) < 4.78 is 0. The van der Waals surface area contributed by atoms with Crippen LogP contribution in [0.4, 0.5) is 5.69 Å². The smallest absolute Gasteiger partial charge is 0.0455 e. The molecule has 2 aromatic rings. The van der Waals surface area contributed by atoms with Gasteiger partial charge in [-0.05, 0) is 37.1 Å². The SMILES string of the molecule is CCC(C)C(C)Nc1ccc2[nH]ccc2c1. The van der Waals surface area contributed by atoms with E-state index >= 15 is 0 Å². The predicted octanol–water partition coefficient (Wildman–Crippen LogP) is 4.01. The quantitative estimate of drug-likeness (QED) is 0.794. The fraction of sp³-hybridized carbons (Fsp3) is 0.429. The molecule has 0 bridgehead atoms. The largest absolute Gasteiger partial charge is 0.382 e. The number of hydrogen-bond donors (Lipinski definition) is 2. The fourth-order valence-electron chi connectivity index (χ4n) is 1.90. The van der Waals surface area contributed by atoms with Crippen LogP contribution < -0.4 is 5.32 Å². The summed E-state index contributed by atoms with van der Waals surface area (Å²) >= 11 is 0. The summed E-state index contributed by atoms with van der Waals surface area (Å²) in [5.41, 5.74) is 2.40. The van der Waals surface area contributed by atoms with E-state index in [0.717, 1.165) is 0 Å². The molecule has 0 saturated carbocycles. The van der Waals surface area contributed by atoms with Crippen LogP contribution in [0, 0.1) is 5.92 Å². The molecule has 2 atom stereocenters. The highest BCUT2D eigenvalue weighted by molar-refractivity contribution is 5.82. The first kappa shape index (κ1) is 11.1. The molecule has 0 aliphatic heterocycles. The van der Waals surface area contributed by atoms with Crippen LogP contribution in [0.3, 0.4) is 0 Å². The maximum atomic E-state index is 3.56. The minimum Gasteiger partial charge on any atom is -0.382 e. The first-order valence-electron chi connectivity index (χ1n) is 6.04. The number of aromatic nitrogens is 1. The molecule has 0 aliphatic carbocycles. The Hall–Kier alpha value is -1.44. The molecule has 2 unspecified atom stereocenters. The van der Waals surface area contributed by atoms with E-state index in [1.807, 2.05) is 6.20 Å². The second-order valence-corrected chi connectivity index (χ2v) is 4.60. The molecule has 86 valence electrons. The van der Waals surface area contributed by atoms with Crippen LogP contribution in [0.5, 0.6) is 0 Å². The molecular formula is C14H20N2. The number of nitrogens with one attached hydrogen (secondary N) is 2. The van der Waals surface area contributed by atoms with Crippen molar-refractivity contribution in [3.8, 4) is 0 Å². The Morgan fingerprint density at radius 2 is 2.06 bits per heavy atom. The van der Waals surface area contributed by atoms with Crippen LogP contribution in [0.1, 0.15) is 27.2 Å². The van der Waals surface area contributed by atoms with Crippen LogP contribution in [0.25, 0.3) is 10.9 Å². The van der Waals surface area contributed by atoms with Gasteiger partial charge < -0.3 is 10.3 Å². The van der Waals surface area contributed by atoms with Crippen molar-refractivity contribution in [3.63, 3.8) is 0 Å². The highest BCUT2D eigenvalue weighted by atomic mass is 14.9. The van der Waals surface area contributed by atoms with Crippen LogP contribution in [-0.4, -0.2) is 11.0 Å². The molecule has 1 aromatic heterocycles. The molecule has 0 spiro atoms. The molecule has 0 aliphatic rings. The maximum absolute atomic E-state index is 3.56. The molecule has 16 heavy (non-hydrogen) atoms. The normalized spacial score (nSPS) is 14.9. The molecule has 0 fully saturated rings. The van der Waals surface area contributed by atoms with Crippen molar-refractivity contribution in [1.29, 1.82) is 0 Å². The number of aromatic amines is 1. The van der Waals surface area contributed by atoms with Gasteiger partial charge in [-0.3, -0.25) is 0 Å². The second kappa shape index (κ2) is 4.60. The van der Waals surface area contributed by atoms with E-state index in [0.29, 0.717) is 12.0 Å². The summed E-state index contributed by atoms with van der Waals surface area (Å²) in [5.74, 6) is 0.696. The van der Waals surface area contributed by atoms with E-state index in [9.17, 15) is 0 Å². The van der Waals surface area contributed by atoms with Gasteiger partial charge in [0, 0.05) is 28.8 Å². The second-order valence-electron chi connectivity index (χ2n) is 4.60. The molecular weight excluding hydrogens is 196 g/mol. The van der Waals surface area contributed by atoms with Gasteiger partial charge in [-0.2, -0.15) is 0 Å². The van der Waals surface area contributed by atoms with Gasteiger partial charge in [0.2, 0.25) is 0 Å². The maximum Gasteiger partial charge on any atom is 0.0455 e. The number of H-pyrrole nitrogens is 1. The van der Waals surface area contributed by atoms with Crippen molar-refractivity contribution >= 4 is 16.6 Å². The van der Waals surface area contributed by atoms with E-state index in [-0.39, 0.29) is 0 Å². The Morgan fingerprint density at radius 3 is 2.81 bits per heavy atom. The summed E-state index contributed by atoms with van der Waals surface area (Å²) in [4.78, 5) is 3.21. The number of rotatable bonds is 4. The Kier molecular flexibility index (Phi) is 3.18. The molecule has 1 heterocycles. The van der Waals surface area contributed by atoms with Crippen molar-refractivity contribution < 1.29 is 0 Å². The lowest BCUT2D eigenvalue weighted by molar-refractivity contribution is 0.495. The van der Waals surface area contributed by atoms with E-state index in [1.54, 1.807) is 0 Å². The fourth-order valence-corrected chi connectivity index (χ4v) is 1.90. The van der Waals surface area contributed by atoms with Crippen molar-refractivity contribution in [1.82, 2.24) is 4.98 Å². The van der Waals surface area contributed by atoms with E-state index in [2.05, 4.69) is 55.3 Å². The van der Waals surface area contributed by atoms with E-state index < -0.39 is 0 Å². The molecule has 0 saturated heterocycles. The Morgan fingerprint density at radius 1 is 1.25 bits per heavy atom. The third kappa shape index (κ3) is 2.21. The van der Waals surface area contributed by atoms with Gasteiger partial charge in [0.25, 0.3) is 0 Å². The predicted molar refractivity (Wildman–Crippen MR) is 70.8 cm³/mol. The van der Waals surface area contributed by atoms with Gasteiger partial charge in [0.05, 0.1) is 0 Å². The summed E-state index contributed by atoms with van der Waals surface area (Å²) in [6.45, 7) is 6.76. The monoisotopic (exact) mass is 216 g/mol. The van der Waals surface area contributed by atoms with Crippen LogP contribution in [0.15, 0.2) is 30.5 Å². The molecule has 1 aromatic carbocycles. The average molecular weight is 216 g/mol. The Labute approximate surface area is 97.1 Å². The van der Waals surface area contributed by atoms with Gasteiger partial charge >= 0.3 is 0 Å². The minimum atomic E-state index is 0.515. The lowest BCUT2D eigenvalue weighted by atomic mass is 10.0. The molecule has 2 rings (SSSR count). The van der Waals surface area contributed by atoms with Gasteiger partial charge in [-0.25, -0.2) is 0 Å². The summed E-state index contributed by atoms with van der Waals surface area (Å²) in [5, 5.41) is 4.83. The third-order valence-corrected chi connectivity index (χ3v) is 3.45. The zero-order chi connectivity index (χ0) is 11.5. The van der Waals surface area contributed by atoms with Gasteiger partial charge in [0.1, 0.15) is 0 Å². The summed E-state index contributed by atoms with van der Waals surface area (Å²) in [7, 11) is 0. The lowest BCUT2D eigenvalue weighted by Gasteiger charge is -2.21. The number of benzene rings is 1. The standard InChI is InChI=1S/C14H20N2/c1-4-10(2)11(3)16-13-5-6-14-12(9-13)7-8-15-14/h5-11,15-16H,4H2,1-3H3. The van der Waals surface area contributed by atoms with Gasteiger partial charge in [0.15, 0.2) is 0 Å². The zero-order valence-corrected chi connectivity index (χ0v) is 10.2. The first-order chi connectivity index (χ1) is 7.70. The lowest BCUT2D eigenvalue weighted by Crippen LogP contribution is -2.23. The van der Waals surface area contributed by atoms with Gasteiger partial charge in [-0.15, -0.1) is 0 Å². The number of fused-ring (bicyclic) bond motifs is 1. The first-order valence-corrected chi connectivity index (χ1v) is 6.04. The average Bonchev–Trinajstić information content (AvgIpc) is 2.75. The molecule has 0 amide bonds. The van der Waals surface area contributed by atoms with Crippen molar-refractivity contribution in [2.75, 3.05) is 5.32 Å². The molecule has 0 radical (unpaired) electrons. The van der Waals surface area contributed by atoms with E-state index in [1.165, 1.54) is 23.0 Å². The van der Waals surface area contributed by atoms with Crippen LogP contribution in [0.2, 0.25) is 0 Å². The topological polar surface area (TPSA) is 27.8 Å². The molecule has 2 heteroatoms. The van der Waals surface area contributed by atoms with Crippen LogP contribution >= 0.6 is 0 Å². The number of anilines is 1. The zero-order valence-electron chi connectivity index (χ0n) is 10.2. The number of hydrogen-bond acceptors (Lipinski definition) is 1. The van der Waals surface area contributed by atoms with Crippen molar-refractivity contribution in [2.24, 2.45) is 5.92 Å². The highest BCUT2D eigenvalue weighted by Crippen LogP contribution is 2.20. The summed E-state index contributed by atoms with van der Waals surface area (Å²) in [6, 6.07) is 9.08. The van der Waals surface area contributed by atoms with Crippen LogP contribution in [-0.2, 0) is 0 Å². The molecule has 2 nitrogen and oxygen atoms in total. The van der Waals surface area contributed by atoms with Crippen molar-refractivity contribution in [2.45, 2.75) is 33.2 Å². The molecule has 2 N–H and O–H groups in total. The summed E-state index contributed by atoms with van der Waals surface area (Å²) in [6.07, 6.45) is 3.19. The van der Waals surface area contributed by atoms with E-state index in [4.69, 9.17) is 0 Å². The Balaban J connectivity index is 2.14. The van der Waals surface area contributed by atoms with Crippen molar-refractivity contribution in [3.05, 3.63) is 30.5 Å². The minimum absolute atomic E-state index is 0.515. The Bertz CT molecular complexity index is 458. The van der Waals surface area contributed by atoms with Gasteiger partial charge in [-0.1, -0.05) is 20.3 Å².